The summed E-state index contributed by atoms with van der Waals surface area (Å²) in [5, 5.41) is 0. The molecule has 7 atom stereocenters. The van der Waals surface area contributed by atoms with Crippen LogP contribution in [0.15, 0.2) is 12.2 Å². The Morgan fingerprint density at radius 2 is 1.96 bits per heavy atom. The van der Waals surface area contributed by atoms with Crippen LogP contribution in [0.3, 0.4) is 0 Å². The first-order valence-corrected chi connectivity index (χ1v) is 10.4. The summed E-state index contributed by atoms with van der Waals surface area (Å²) in [5.74, 6) is 2.77. The van der Waals surface area contributed by atoms with Gasteiger partial charge in [-0.1, -0.05) is 19.9 Å². The third kappa shape index (κ3) is 2.63. The molecule has 4 aliphatic rings. The Bertz CT molecular complexity index is 626. The van der Waals surface area contributed by atoms with Crippen LogP contribution in [-0.2, 0) is 14.3 Å². The van der Waals surface area contributed by atoms with Gasteiger partial charge < -0.3 is 9.47 Å². The van der Waals surface area contributed by atoms with Crippen molar-refractivity contribution in [2.24, 2.45) is 34.5 Å². The van der Waals surface area contributed by atoms with Crippen LogP contribution in [0.1, 0.15) is 65.7 Å². The van der Waals surface area contributed by atoms with Crippen molar-refractivity contribution < 1.29 is 19.1 Å². The van der Waals surface area contributed by atoms with Crippen LogP contribution in [0.4, 0.5) is 4.79 Å². The summed E-state index contributed by atoms with van der Waals surface area (Å²) < 4.78 is 10.8. The van der Waals surface area contributed by atoms with E-state index in [2.05, 4.69) is 19.9 Å². The predicted molar refractivity (Wildman–Crippen MR) is 98.5 cm³/mol. The molecule has 0 amide bonds. The molecular formula is C22H32O4. The summed E-state index contributed by atoms with van der Waals surface area (Å²) in [6.45, 7) is 6.90. The normalized spacial score (nSPS) is 46.9. The molecule has 0 aromatic rings. The van der Waals surface area contributed by atoms with Crippen molar-refractivity contribution in [1.29, 1.82) is 0 Å². The lowest BCUT2D eigenvalue weighted by Crippen LogP contribution is -2.53. The highest BCUT2D eigenvalue weighted by Gasteiger charge is 2.60. The molecule has 0 saturated heterocycles. The zero-order valence-electron chi connectivity index (χ0n) is 16.3. The summed E-state index contributed by atoms with van der Waals surface area (Å²) in [5.41, 5.74) is 0.240. The number of allylic oxidation sites excluding steroid dienone is 2. The van der Waals surface area contributed by atoms with Crippen LogP contribution in [0.5, 0.6) is 0 Å². The molecule has 0 radical (unpaired) electrons. The third-order valence-corrected chi connectivity index (χ3v) is 8.45. The number of carbonyl (C=O) groups excluding carboxylic acids is 2. The molecule has 4 nitrogen and oxygen atoms in total. The molecule has 26 heavy (non-hydrogen) atoms. The molecule has 0 aromatic heterocycles. The van der Waals surface area contributed by atoms with Gasteiger partial charge in [0.1, 0.15) is 6.10 Å². The smallest absolute Gasteiger partial charge is 0.435 e. The van der Waals surface area contributed by atoms with Crippen LogP contribution in [-0.4, -0.2) is 24.6 Å². The first-order valence-electron chi connectivity index (χ1n) is 10.4. The van der Waals surface area contributed by atoms with E-state index in [4.69, 9.17) is 9.47 Å². The first-order chi connectivity index (χ1) is 12.4. The topological polar surface area (TPSA) is 52.6 Å². The molecule has 4 heteroatoms. The number of ether oxygens (including phenoxy) is 2. The summed E-state index contributed by atoms with van der Waals surface area (Å²) in [4.78, 5) is 23.8. The summed E-state index contributed by atoms with van der Waals surface area (Å²) in [6.07, 6.45) is 11.0. The van der Waals surface area contributed by atoms with Gasteiger partial charge in [-0.25, -0.2) is 4.79 Å². The standard InChI is InChI=1S/C22H32O4/c1-4-25-20(24)26-19-8-7-17-16-6-5-14-13-15(23)9-11-21(14,2)18(16)10-12-22(17,19)3/h9,11,14,16-19H,4-8,10,12-13H2,1-3H3/t14?,16-,17-,18-,19-,21-,22-/m0/s1. The Kier molecular flexibility index (Phi) is 4.44. The van der Waals surface area contributed by atoms with E-state index < -0.39 is 6.16 Å². The fourth-order valence-electron chi connectivity index (χ4n) is 7.05. The number of rotatable bonds is 2. The zero-order valence-corrected chi connectivity index (χ0v) is 16.3. The first kappa shape index (κ1) is 18.1. The van der Waals surface area contributed by atoms with Gasteiger partial charge in [0.2, 0.25) is 0 Å². The molecule has 0 spiro atoms. The molecule has 3 saturated carbocycles. The van der Waals surface area contributed by atoms with Gasteiger partial charge in [0.15, 0.2) is 5.78 Å². The fourth-order valence-corrected chi connectivity index (χ4v) is 7.05. The van der Waals surface area contributed by atoms with E-state index in [9.17, 15) is 9.59 Å². The van der Waals surface area contributed by atoms with Crippen molar-refractivity contribution >= 4 is 11.9 Å². The molecule has 4 rings (SSSR count). The molecule has 0 aliphatic heterocycles. The number of hydrogen-bond acceptors (Lipinski definition) is 4. The molecule has 144 valence electrons. The van der Waals surface area contributed by atoms with Crippen molar-refractivity contribution in [3.63, 3.8) is 0 Å². The minimum absolute atomic E-state index is 0.0125. The maximum atomic E-state index is 11.9. The molecule has 0 N–H and O–H groups in total. The van der Waals surface area contributed by atoms with E-state index in [-0.39, 0.29) is 16.9 Å². The molecule has 3 fully saturated rings. The molecule has 4 aliphatic carbocycles. The fraction of sp³-hybridized carbons (Fsp3) is 0.818. The Hall–Kier alpha value is -1.32. The highest BCUT2D eigenvalue weighted by atomic mass is 16.7. The second-order valence-electron chi connectivity index (χ2n) is 9.43. The SMILES string of the molecule is CCOC(=O)O[C@H]1CC[C@H]2[C@@H]3CCC4CC(=O)C=C[C@]4(C)[C@H]3CC[C@]12C. The van der Waals surface area contributed by atoms with Crippen molar-refractivity contribution in [3.05, 3.63) is 12.2 Å². The number of fused-ring (bicyclic) bond motifs is 5. The molecule has 0 aromatic carbocycles. The largest absolute Gasteiger partial charge is 0.508 e. The van der Waals surface area contributed by atoms with E-state index in [0.29, 0.717) is 36.1 Å². The van der Waals surface area contributed by atoms with Crippen LogP contribution >= 0.6 is 0 Å². The molecule has 1 unspecified atom stereocenters. The monoisotopic (exact) mass is 360 g/mol. The highest BCUT2D eigenvalue weighted by molar-refractivity contribution is 5.91. The van der Waals surface area contributed by atoms with Gasteiger partial charge in [-0.05, 0) is 80.6 Å². The quantitative estimate of drug-likeness (QED) is 0.656. The van der Waals surface area contributed by atoms with Crippen molar-refractivity contribution in [2.75, 3.05) is 6.61 Å². The zero-order chi connectivity index (χ0) is 18.5. The number of carbonyl (C=O) groups is 2. The molecule has 0 heterocycles. The number of ketones is 1. The lowest BCUT2D eigenvalue weighted by molar-refractivity contribution is -0.124. The summed E-state index contributed by atoms with van der Waals surface area (Å²) in [6, 6.07) is 0. The van der Waals surface area contributed by atoms with Crippen LogP contribution in [0.25, 0.3) is 0 Å². The Morgan fingerprint density at radius 1 is 1.15 bits per heavy atom. The van der Waals surface area contributed by atoms with E-state index in [1.54, 1.807) is 0 Å². The highest BCUT2D eigenvalue weighted by Crippen LogP contribution is 2.65. The van der Waals surface area contributed by atoms with Gasteiger partial charge in [0.05, 0.1) is 6.61 Å². The number of hydrogen-bond donors (Lipinski definition) is 0. The van der Waals surface area contributed by atoms with Gasteiger partial charge in [0.25, 0.3) is 0 Å². The minimum atomic E-state index is -0.508. The third-order valence-electron chi connectivity index (χ3n) is 8.45. The van der Waals surface area contributed by atoms with E-state index in [1.165, 1.54) is 12.8 Å². The predicted octanol–water partition coefficient (Wildman–Crippen LogP) is 4.92. The molecular weight excluding hydrogens is 328 g/mol. The van der Waals surface area contributed by atoms with Crippen molar-refractivity contribution in [1.82, 2.24) is 0 Å². The van der Waals surface area contributed by atoms with Crippen LogP contribution < -0.4 is 0 Å². The Labute approximate surface area is 156 Å². The van der Waals surface area contributed by atoms with E-state index in [0.717, 1.165) is 32.1 Å². The average Bonchev–Trinajstić information content (AvgIpc) is 2.92. The maximum absolute atomic E-state index is 11.9. The van der Waals surface area contributed by atoms with Gasteiger partial charge in [-0.15, -0.1) is 0 Å². The second-order valence-corrected chi connectivity index (χ2v) is 9.43. The van der Waals surface area contributed by atoms with Crippen LogP contribution in [0.2, 0.25) is 0 Å². The van der Waals surface area contributed by atoms with Crippen molar-refractivity contribution in [3.8, 4) is 0 Å². The van der Waals surface area contributed by atoms with Crippen LogP contribution in [0, 0.1) is 34.5 Å². The average molecular weight is 360 g/mol. The van der Waals surface area contributed by atoms with Gasteiger partial charge in [-0.3, -0.25) is 4.79 Å². The lowest BCUT2D eigenvalue weighted by Gasteiger charge is -2.58. The maximum Gasteiger partial charge on any atom is 0.508 e. The van der Waals surface area contributed by atoms with Gasteiger partial charge in [-0.2, -0.15) is 0 Å². The summed E-state index contributed by atoms with van der Waals surface area (Å²) in [7, 11) is 0. The Morgan fingerprint density at radius 3 is 2.73 bits per heavy atom. The van der Waals surface area contributed by atoms with Crippen molar-refractivity contribution in [2.45, 2.75) is 71.8 Å². The van der Waals surface area contributed by atoms with E-state index in [1.807, 2.05) is 13.0 Å². The molecule has 0 bridgehead atoms. The van der Waals surface area contributed by atoms with Gasteiger partial charge >= 0.3 is 6.16 Å². The Balaban J connectivity index is 1.55. The van der Waals surface area contributed by atoms with E-state index >= 15 is 0 Å². The summed E-state index contributed by atoms with van der Waals surface area (Å²) >= 11 is 0. The lowest BCUT2D eigenvalue weighted by atomic mass is 9.46. The second kappa shape index (κ2) is 6.38. The van der Waals surface area contributed by atoms with Gasteiger partial charge in [0, 0.05) is 11.8 Å². The minimum Gasteiger partial charge on any atom is -0.435 e.